The first-order valence-corrected chi connectivity index (χ1v) is 7.07. The summed E-state index contributed by atoms with van der Waals surface area (Å²) in [6.45, 7) is 2.56. The van der Waals surface area contributed by atoms with E-state index in [1.54, 1.807) is 4.57 Å². The van der Waals surface area contributed by atoms with Gasteiger partial charge >= 0.3 is 5.97 Å². The largest absolute Gasteiger partial charge is 0.494 e. The number of nitrogens with zero attached hydrogens (tertiary/aromatic N) is 3. The molecular weight excluding hydrogens is 278 g/mol. The molecule has 0 bridgehead atoms. The maximum atomic E-state index is 10.6. The molecule has 0 aliphatic rings. The fourth-order valence-corrected chi connectivity index (χ4v) is 2.32. The molecule has 0 fully saturated rings. The summed E-state index contributed by atoms with van der Waals surface area (Å²) in [5.74, 6) is 0.593. The van der Waals surface area contributed by atoms with E-state index in [2.05, 4.69) is 10.2 Å². The quantitative estimate of drug-likeness (QED) is 0.821. The highest BCUT2D eigenvalue weighted by Crippen LogP contribution is 2.24. The van der Waals surface area contributed by atoms with Gasteiger partial charge in [-0.3, -0.25) is 4.79 Å². The number of hydrogen-bond acceptors (Lipinski definition) is 5. The SMILES string of the molecule is CCOc1ccc(-c2nnc(SCC(=O)O)n2C)cc1. The minimum atomic E-state index is -0.874. The molecule has 20 heavy (non-hydrogen) atoms. The zero-order chi connectivity index (χ0) is 14.5. The Morgan fingerprint density at radius 1 is 1.35 bits per heavy atom. The van der Waals surface area contributed by atoms with E-state index in [0.717, 1.165) is 23.1 Å². The molecule has 0 unspecified atom stereocenters. The molecule has 1 aromatic heterocycles. The van der Waals surface area contributed by atoms with Crippen LogP contribution in [0.15, 0.2) is 29.4 Å². The number of hydrogen-bond donors (Lipinski definition) is 1. The highest BCUT2D eigenvalue weighted by molar-refractivity contribution is 7.99. The van der Waals surface area contributed by atoms with E-state index in [0.29, 0.717) is 17.6 Å². The molecule has 6 nitrogen and oxygen atoms in total. The van der Waals surface area contributed by atoms with Gasteiger partial charge in [-0.15, -0.1) is 10.2 Å². The summed E-state index contributed by atoms with van der Waals surface area (Å²) < 4.78 is 7.17. The van der Waals surface area contributed by atoms with Crippen molar-refractivity contribution in [3.8, 4) is 17.1 Å². The highest BCUT2D eigenvalue weighted by atomic mass is 32.2. The second-order valence-electron chi connectivity index (χ2n) is 4.01. The molecule has 1 aromatic carbocycles. The molecule has 0 aliphatic carbocycles. The molecule has 0 saturated heterocycles. The maximum Gasteiger partial charge on any atom is 0.313 e. The smallest absolute Gasteiger partial charge is 0.313 e. The minimum Gasteiger partial charge on any atom is -0.494 e. The van der Waals surface area contributed by atoms with Crippen LogP contribution in [0.4, 0.5) is 0 Å². The Balaban J connectivity index is 2.18. The molecule has 0 spiro atoms. The number of carbonyl (C=O) groups is 1. The van der Waals surface area contributed by atoms with Gasteiger partial charge in [0.25, 0.3) is 0 Å². The molecule has 0 radical (unpaired) electrons. The van der Waals surface area contributed by atoms with Crippen LogP contribution in [-0.2, 0) is 11.8 Å². The fourth-order valence-electron chi connectivity index (χ4n) is 1.69. The van der Waals surface area contributed by atoms with Crippen molar-refractivity contribution in [3.63, 3.8) is 0 Å². The van der Waals surface area contributed by atoms with Crippen molar-refractivity contribution in [2.75, 3.05) is 12.4 Å². The fraction of sp³-hybridized carbons (Fsp3) is 0.308. The van der Waals surface area contributed by atoms with Crippen LogP contribution in [0, 0.1) is 0 Å². The van der Waals surface area contributed by atoms with E-state index in [1.807, 2.05) is 38.2 Å². The minimum absolute atomic E-state index is 0.0325. The van der Waals surface area contributed by atoms with Gasteiger partial charge in [-0.25, -0.2) is 0 Å². The number of ether oxygens (including phenoxy) is 1. The van der Waals surface area contributed by atoms with Crippen molar-refractivity contribution >= 4 is 17.7 Å². The van der Waals surface area contributed by atoms with Gasteiger partial charge in [-0.2, -0.15) is 0 Å². The third kappa shape index (κ3) is 3.30. The van der Waals surface area contributed by atoms with E-state index >= 15 is 0 Å². The summed E-state index contributed by atoms with van der Waals surface area (Å²) in [5.41, 5.74) is 0.908. The molecule has 0 aliphatic heterocycles. The molecule has 106 valence electrons. The molecule has 1 heterocycles. The summed E-state index contributed by atoms with van der Waals surface area (Å²) in [6.07, 6.45) is 0. The van der Waals surface area contributed by atoms with E-state index in [4.69, 9.17) is 9.84 Å². The highest BCUT2D eigenvalue weighted by Gasteiger charge is 2.12. The second kappa shape index (κ2) is 6.42. The summed E-state index contributed by atoms with van der Waals surface area (Å²) in [5, 5.41) is 17.4. The molecule has 2 aromatic rings. The first kappa shape index (κ1) is 14.4. The van der Waals surface area contributed by atoms with Gasteiger partial charge in [0.2, 0.25) is 0 Å². The average molecular weight is 293 g/mol. The molecule has 0 amide bonds. The van der Waals surface area contributed by atoms with Crippen LogP contribution in [0.3, 0.4) is 0 Å². The van der Waals surface area contributed by atoms with Gasteiger partial charge in [0, 0.05) is 12.6 Å². The number of thioether (sulfide) groups is 1. The number of benzene rings is 1. The van der Waals surface area contributed by atoms with E-state index in [9.17, 15) is 4.79 Å². The number of aliphatic carboxylic acids is 1. The Labute approximate surface area is 120 Å². The number of rotatable bonds is 6. The maximum absolute atomic E-state index is 10.6. The van der Waals surface area contributed by atoms with Gasteiger partial charge in [-0.05, 0) is 31.2 Å². The lowest BCUT2D eigenvalue weighted by molar-refractivity contribution is -0.133. The van der Waals surface area contributed by atoms with Crippen LogP contribution in [-0.4, -0.2) is 38.2 Å². The summed E-state index contributed by atoms with van der Waals surface area (Å²) in [6, 6.07) is 7.55. The molecule has 2 rings (SSSR count). The predicted molar refractivity (Wildman–Crippen MR) is 76.0 cm³/mol. The normalized spacial score (nSPS) is 10.5. The van der Waals surface area contributed by atoms with Crippen LogP contribution in [0.1, 0.15) is 6.92 Å². The monoisotopic (exact) mass is 293 g/mol. The Kier molecular flexibility index (Phi) is 4.62. The third-order valence-corrected chi connectivity index (χ3v) is 3.59. The van der Waals surface area contributed by atoms with Crippen molar-refractivity contribution in [3.05, 3.63) is 24.3 Å². The van der Waals surface area contributed by atoms with Gasteiger partial charge in [0.1, 0.15) is 5.75 Å². The van der Waals surface area contributed by atoms with Crippen molar-refractivity contribution in [1.29, 1.82) is 0 Å². The van der Waals surface area contributed by atoms with Gasteiger partial charge in [0.05, 0.1) is 12.4 Å². The van der Waals surface area contributed by atoms with E-state index in [-0.39, 0.29) is 5.75 Å². The van der Waals surface area contributed by atoms with Gasteiger partial charge in [0.15, 0.2) is 11.0 Å². The first-order chi connectivity index (χ1) is 9.61. The molecule has 7 heteroatoms. The van der Waals surface area contributed by atoms with Gasteiger partial charge < -0.3 is 14.4 Å². The predicted octanol–water partition coefficient (Wildman–Crippen LogP) is 2.06. The third-order valence-electron chi connectivity index (χ3n) is 2.58. The van der Waals surface area contributed by atoms with Crippen molar-refractivity contribution in [2.24, 2.45) is 7.05 Å². The molecule has 0 saturated carbocycles. The molecule has 0 atom stereocenters. The Bertz CT molecular complexity index is 595. The van der Waals surface area contributed by atoms with Crippen LogP contribution in [0.2, 0.25) is 0 Å². The zero-order valence-corrected chi connectivity index (χ0v) is 12.1. The second-order valence-corrected chi connectivity index (χ2v) is 4.95. The Hall–Kier alpha value is -2.02. The molecular formula is C13H15N3O3S. The lowest BCUT2D eigenvalue weighted by Gasteiger charge is -2.05. The van der Waals surface area contributed by atoms with E-state index < -0.39 is 5.97 Å². The Morgan fingerprint density at radius 3 is 2.65 bits per heavy atom. The van der Waals surface area contributed by atoms with Crippen LogP contribution >= 0.6 is 11.8 Å². The van der Waals surface area contributed by atoms with Crippen LogP contribution < -0.4 is 4.74 Å². The lowest BCUT2D eigenvalue weighted by atomic mass is 10.2. The van der Waals surface area contributed by atoms with Crippen LogP contribution in [0.5, 0.6) is 5.75 Å². The number of carboxylic acids is 1. The molecule has 1 N–H and O–H groups in total. The summed E-state index contributed by atoms with van der Waals surface area (Å²) >= 11 is 1.15. The zero-order valence-electron chi connectivity index (χ0n) is 11.2. The summed E-state index contributed by atoms with van der Waals surface area (Å²) in [7, 11) is 1.82. The lowest BCUT2D eigenvalue weighted by Crippen LogP contribution is -2.01. The van der Waals surface area contributed by atoms with Crippen molar-refractivity contribution in [1.82, 2.24) is 14.8 Å². The number of carboxylic acid groups (broad SMARTS) is 1. The van der Waals surface area contributed by atoms with Gasteiger partial charge in [-0.1, -0.05) is 11.8 Å². The Morgan fingerprint density at radius 2 is 2.05 bits per heavy atom. The average Bonchev–Trinajstić information content (AvgIpc) is 2.79. The standard InChI is InChI=1S/C13H15N3O3S/c1-3-19-10-6-4-9(5-7-10)12-14-15-13(16(12)2)20-8-11(17)18/h4-7H,3,8H2,1-2H3,(H,17,18). The van der Waals surface area contributed by atoms with E-state index in [1.165, 1.54) is 0 Å². The van der Waals surface area contributed by atoms with Crippen molar-refractivity contribution < 1.29 is 14.6 Å². The summed E-state index contributed by atoms with van der Waals surface area (Å²) in [4.78, 5) is 10.6. The first-order valence-electron chi connectivity index (χ1n) is 6.09. The number of aromatic nitrogens is 3. The van der Waals surface area contributed by atoms with Crippen LogP contribution in [0.25, 0.3) is 11.4 Å². The van der Waals surface area contributed by atoms with Crippen molar-refractivity contribution in [2.45, 2.75) is 12.1 Å². The topological polar surface area (TPSA) is 77.2 Å².